The van der Waals surface area contributed by atoms with Crippen LogP contribution in [0.4, 0.5) is 5.69 Å². The molecule has 8 nitrogen and oxygen atoms in total. The Morgan fingerprint density at radius 1 is 1.12 bits per heavy atom. The van der Waals surface area contributed by atoms with Gasteiger partial charge < -0.3 is 10.3 Å². The number of rotatable bonds is 4. The summed E-state index contributed by atoms with van der Waals surface area (Å²) in [6.07, 6.45) is 2.18. The minimum atomic E-state index is -0.262. The predicted molar refractivity (Wildman–Crippen MR) is 132 cm³/mol. The molecular formula is C26H28N6O2. The first-order chi connectivity index (χ1) is 16.1. The van der Waals surface area contributed by atoms with Crippen LogP contribution in [0.1, 0.15) is 67.0 Å². The molecular weight excluding hydrogens is 428 g/mol. The van der Waals surface area contributed by atoms with Crippen molar-refractivity contribution in [2.75, 3.05) is 5.32 Å². The maximum Gasteiger partial charge on any atom is 0.256 e. The summed E-state index contributed by atoms with van der Waals surface area (Å²) in [4.78, 5) is 37.5. The fourth-order valence-corrected chi connectivity index (χ4v) is 4.20. The molecule has 0 saturated heterocycles. The number of nitrogens with one attached hydrogen (secondary N) is 2. The average molecular weight is 457 g/mol. The largest absolute Gasteiger partial charge is 0.322 e. The number of nitrogens with zero attached hydrogens (tertiary/aromatic N) is 4. The Labute approximate surface area is 197 Å². The van der Waals surface area contributed by atoms with Crippen LogP contribution in [0.25, 0.3) is 22.4 Å². The van der Waals surface area contributed by atoms with Crippen molar-refractivity contribution in [2.45, 2.75) is 58.9 Å². The third-order valence-electron chi connectivity index (χ3n) is 5.97. The average Bonchev–Trinajstić information content (AvgIpc) is 3.55. The van der Waals surface area contributed by atoms with Gasteiger partial charge in [0.1, 0.15) is 5.82 Å². The third-order valence-corrected chi connectivity index (χ3v) is 5.97. The number of aromatic amines is 1. The maximum absolute atomic E-state index is 13.5. The summed E-state index contributed by atoms with van der Waals surface area (Å²) in [7, 11) is 0. The van der Waals surface area contributed by atoms with Crippen molar-refractivity contribution < 1.29 is 4.79 Å². The number of pyridine rings is 1. The first-order valence-corrected chi connectivity index (χ1v) is 11.5. The molecule has 4 aromatic rings. The number of fused-ring (bicyclic) bond motifs is 1. The smallest absolute Gasteiger partial charge is 0.256 e. The first-order valence-electron chi connectivity index (χ1n) is 11.5. The number of aryl methyl sites for hydroxylation is 2. The van der Waals surface area contributed by atoms with Crippen molar-refractivity contribution in [3.05, 3.63) is 69.4 Å². The lowest BCUT2D eigenvalue weighted by molar-refractivity contribution is 0.102. The maximum atomic E-state index is 13.5. The van der Waals surface area contributed by atoms with Gasteiger partial charge in [-0.2, -0.15) is 5.10 Å². The summed E-state index contributed by atoms with van der Waals surface area (Å²) < 4.78 is 1.92. The zero-order valence-electron chi connectivity index (χ0n) is 20.1. The van der Waals surface area contributed by atoms with Crippen LogP contribution < -0.4 is 10.9 Å². The third kappa shape index (κ3) is 4.11. The van der Waals surface area contributed by atoms with Crippen LogP contribution in [0.2, 0.25) is 0 Å². The molecule has 34 heavy (non-hydrogen) atoms. The van der Waals surface area contributed by atoms with Crippen LogP contribution in [-0.2, 0) is 5.54 Å². The molecule has 8 heteroatoms. The molecule has 2 N–H and O–H groups in total. The topological polar surface area (TPSA) is 106 Å². The molecule has 1 saturated carbocycles. The van der Waals surface area contributed by atoms with E-state index in [0.717, 1.165) is 35.3 Å². The number of hydrogen-bond donors (Lipinski definition) is 2. The van der Waals surface area contributed by atoms with Crippen LogP contribution in [0.15, 0.2) is 41.2 Å². The van der Waals surface area contributed by atoms with Crippen molar-refractivity contribution >= 4 is 22.6 Å². The van der Waals surface area contributed by atoms with Crippen molar-refractivity contribution in [3.8, 4) is 11.4 Å². The Balaban J connectivity index is 1.56. The number of carbonyl (C=O) groups is 1. The number of amides is 1. The van der Waals surface area contributed by atoms with Gasteiger partial charge in [-0.15, -0.1) is 0 Å². The van der Waals surface area contributed by atoms with Gasteiger partial charge in [-0.1, -0.05) is 12.1 Å². The fourth-order valence-electron chi connectivity index (χ4n) is 4.20. The van der Waals surface area contributed by atoms with E-state index in [-0.39, 0.29) is 17.0 Å². The number of H-pyrrole nitrogens is 1. The highest BCUT2D eigenvalue weighted by molar-refractivity contribution is 6.12. The normalized spacial score (nSPS) is 13.9. The molecule has 1 aromatic carbocycles. The van der Waals surface area contributed by atoms with Crippen molar-refractivity contribution in [1.29, 1.82) is 0 Å². The van der Waals surface area contributed by atoms with Crippen molar-refractivity contribution in [3.63, 3.8) is 0 Å². The van der Waals surface area contributed by atoms with Crippen LogP contribution in [-0.4, -0.2) is 30.6 Å². The molecule has 174 valence electrons. The minimum absolute atomic E-state index is 0.213. The molecule has 0 spiro atoms. The fraction of sp³-hybridized carbons (Fsp3) is 0.346. The van der Waals surface area contributed by atoms with E-state index >= 15 is 0 Å². The van der Waals surface area contributed by atoms with E-state index in [0.29, 0.717) is 34.3 Å². The lowest BCUT2D eigenvalue weighted by atomic mass is 10.1. The van der Waals surface area contributed by atoms with Gasteiger partial charge in [0.15, 0.2) is 5.65 Å². The monoisotopic (exact) mass is 456 g/mol. The Bertz CT molecular complexity index is 1490. The summed E-state index contributed by atoms with van der Waals surface area (Å²) in [5.41, 5.74) is 4.53. The van der Waals surface area contributed by atoms with Gasteiger partial charge in [0, 0.05) is 34.6 Å². The molecule has 0 atom stereocenters. The van der Waals surface area contributed by atoms with Crippen LogP contribution in [0, 0.1) is 13.8 Å². The van der Waals surface area contributed by atoms with E-state index < -0.39 is 0 Å². The predicted octanol–water partition coefficient (Wildman–Crippen LogP) is 4.68. The van der Waals surface area contributed by atoms with Gasteiger partial charge in [0.05, 0.1) is 22.2 Å². The highest BCUT2D eigenvalue weighted by Crippen LogP contribution is 2.41. The summed E-state index contributed by atoms with van der Waals surface area (Å²) in [5, 5.41) is 8.54. The van der Waals surface area contributed by atoms with E-state index in [1.165, 1.54) is 6.07 Å². The van der Waals surface area contributed by atoms with E-state index in [1.807, 2.05) is 35.9 Å². The highest BCUT2D eigenvalue weighted by Gasteiger charge is 2.30. The van der Waals surface area contributed by atoms with E-state index in [2.05, 4.69) is 36.1 Å². The molecule has 3 aromatic heterocycles. The van der Waals surface area contributed by atoms with Gasteiger partial charge in [0.2, 0.25) is 0 Å². The Morgan fingerprint density at radius 3 is 2.56 bits per heavy atom. The molecule has 1 aliphatic carbocycles. The van der Waals surface area contributed by atoms with Crippen molar-refractivity contribution in [2.24, 2.45) is 0 Å². The molecule has 1 aliphatic rings. The summed E-state index contributed by atoms with van der Waals surface area (Å²) in [6.45, 7) is 9.94. The van der Waals surface area contributed by atoms with Gasteiger partial charge in [-0.25, -0.2) is 14.6 Å². The Morgan fingerprint density at radius 2 is 1.88 bits per heavy atom. The van der Waals surface area contributed by atoms with E-state index in [9.17, 15) is 9.59 Å². The quantitative estimate of drug-likeness (QED) is 0.464. The molecule has 3 heterocycles. The number of hydrogen-bond acceptors (Lipinski definition) is 5. The molecule has 0 unspecified atom stereocenters. The van der Waals surface area contributed by atoms with Crippen LogP contribution in [0.3, 0.4) is 0 Å². The Hall–Kier alpha value is -3.81. The zero-order chi connectivity index (χ0) is 24.2. The minimum Gasteiger partial charge on any atom is -0.322 e. The molecule has 0 aliphatic heterocycles. The standard InChI is InChI=1S/C26H28N6O2/c1-14-11-21(33)30-23(27-14)17-7-6-8-18(12-17)28-25(34)19-13-20(16-9-10-16)29-24-22(19)15(2)31-32(24)26(3,4)5/h6-8,11-13,16H,9-10H2,1-5H3,(H,28,34)(H,27,30,33). The van der Waals surface area contributed by atoms with E-state index in [4.69, 9.17) is 10.1 Å². The molecule has 5 rings (SSSR count). The molecule has 0 radical (unpaired) electrons. The number of aromatic nitrogens is 5. The molecule has 0 bridgehead atoms. The second-order valence-corrected chi connectivity index (χ2v) is 10.0. The van der Waals surface area contributed by atoms with Gasteiger partial charge in [0.25, 0.3) is 11.5 Å². The summed E-state index contributed by atoms with van der Waals surface area (Å²) in [5.74, 6) is 0.645. The SMILES string of the molecule is Cc1cc(=O)[nH]c(-c2cccc(NC(=O)c3cc(C4CC4)nc4c3c(C)nn4C(C)(C)C)c2)n1. The summed E-state index contributed by atoms with van der Waals surface area (Å²) in [6, 6.07) is 10.7. The lowest BCUT2D eigenvalue weighted by Gasteiger charge is -2.20. The molecule has 1 fully saturated rings. The summed E-state index contributed by atoms with van der Waals surface area (Å²) >= 11 is 0. The second kappa shape index (κ2) is 7.90. The highest BCUT2D eigenvalue weighted by atomic mass is 16.1. The number of benzene rings is 1. The van der Waals surface area contributed by atoms with Crippen LogP contribution >= 0.6 is 0 Å². The second-order valence-electron chi connectivity index (χ2n) is 10.0. The lowest BCUT2D eigenvalue weighted by Crippen LogP contribution is -2.23. The van der Waals surface area contributed by atoms with Gasteiger partial charge >= 0.3 is 0 Å². The first kappa shape index (κ1) is 22.0. The zero-order valence-corrected chi connectivity index (χ0v) is 20.1. The number of carbonyl (C=O) groups excluding carboxylic acids is 1. The van der Waals surface area contributed by atoms with Gasteiger partial charge in [-0.05, 0) is 65.7 Å². The Kier molecular flexibility index (Phi) is 5.11. The van der Waals surface area contributed by atoms with Gasteiger partial charge in [-0.3, -0.25) is 9.59 Å². The van der Waals surface area contributed by atoms with Crippen LogP contribution in [0.5, 0.6) is 0 Å². The number of anilines is 1. The van der Waals surface area contributed by atoms with Crippen molar-refractivity contribution in [1.82, 2.24) is 24.7 Å². The molecule has 1 amide bonds. The van der Waals surface area contributed by atoms with E-state index in [1.54, 1.807) is 13.0 Å².